The van der Waals surface area contributed by atoms with Crippen LogP contribution in [0.5, 0.6) is 0 Å². The molecule has 1 aliphatic heterocycles. The molecule has 1 N–H and O–H groups in total. The smallest absolute Gasteiger partial charge is 0.0643 e. The maximum Gasteiger partial charge on any atom is 0.0643 e. The van der Waals surface area contributed by atoms with E-state index >= 15 is 0 Å². The highest BCUT2D eigenvalue weighted by Gasteiger charge is 2.12. The van der Waals surface area contributed by atoms with Crippen molar-refractivity contribution in [2.75, 3.05) is 13.1 Å². The molecular weight excluding hydrogens is 231 g/mol. The summed E-state index contributed by atoms with van der Waals surface area (Å²) in [6.07, 6.45) is 4.62. The zero-order chi connectivity index (χ0) is 10.7. The lowest BCUT2D eigenvalue weighted by molar-refractivity contribution is 0.693. The van der Waals surface area contributed by atoms with Crippen LogP contribution in [0.1, 0.15) is 5.69 Å². The predicted molar refractivity (Wildman–Crippen MR) is 63.5 cm³/mol. The van der Waals surface area contributed by atoms with E-state index in [2.05, 4.69) is 16.4 Å². The van der Waals surface area contributed by atoms with E-state index in [0.717, 1.165) is 30.2 Å². The number of hydrogen-bond acceptors (Lipinski definition) is 2. The van der Waals surface area contributed by atoms with Crippen molar-refractivity contribution >= 4 is 23.2 Å². The summed E-state index contributed by atoms with van der Waals surface area (Å²) >= 11 is 12.1. The summed E-state index contributed by atoms with van der Waals surface area (Å²) in [5.74, 6) is 0. The molecule has 0 fully saturated rings. The van der Waals surface area contributed by atoms with Gasteiger partial charge in [0.05, 0.1) is 16.1 Å². The SMILES string of the molecule is Clc1cccnc1CC1=CC(Cl)CNC1. The first-order valence-corrected chi connectivity index (χ1v) is 5.71. The van der Waals surface area contributed by atoms with Crippen LogP contribution in [0.3, 0.4) is 0 Å². The Labute approximate surface area is 99.3 Å². The Morgan fingerprint density at radius 2 is 2.40 bits per heavy atom. The first kappa shape index (κ1) is 10.9. The molecule has 0 spiro atoms. The Kier molecular flexibility index (Phi) is 3.62. The number of alkyl halides is 1. The highest BCUT2D eigenvalue weighted by atomic mass is 35.5. The largest absolute Gasteiger partial charge is 0.311 e. The number of hydrogen-bond donors (Lipinski definition) is 1. The third-order valence-electron chi connectivity index (χ3n) is 2.34. The van der Waals surface area contributed by atoms with Crippen LogP contribution in [0.2, 0.25) is 5.02 Å². The summed E-state index contributed by atoms with van der Waals surface area (Å²) in [5.41, 5.74) is 2.17. The highest BCUT2D eigenvalue weighted by Crippen LogP contribution is 2.18. The molecule has 0 saturated heterocycles. The molecule has 0 aromatic carbocycles. The minimum absolute atomic E-state index is 0.0798. The number of rotatable bonds is 2. The quantitative estimate of drug-likeness (QED) is 0.637. The lowest BCUT2D eigenvalue weighted by atomic mass is 10.1. The van der Waals surface area contributed by atoms with Crippen LogP contribution in [-0.2, 0) is 6.42 Å². The van der Waals surface area contributed by atoms with Gasteiger partial charge in [-0.25, -0.2) is 0 Å². The maximum absolute atomic E-state index is 6.04. The van der Waals surface area contributed by atoms with E-state index in [1.165, 1.54) is 5.57 Å². The van der Waals surface area contributed by atoms with Gasteiger partial charge in [-0.2, -0.15) is 0 Å². The molecule has 1 unspecified atom stereocenters. The van der Waals surface area contributed by atoms with Crippen LogP contribution in [0.15, 0.2) is 30.0 Å². The molecule has 0 radical (unpaired) electrons. The van der Waals surface area contributed by atoms with E-state index in [1.54, 1.807) is 6.20 Å². The molecule has 1 aliphatic rings. The molecule has 0 amide bonds. The number of nitrogens with zero attached hydrogens (tertiary/aromatic N) is 1. The van der Waals surface area contributed by atoms with Gasteiger partial charge >= 0.3 is 0 Å². The minimum Gasteiger partial charge on any atom is -0.311 e. The number of nitrogens with one attached hydrogen (secondary N) is 1. The van der Waals surface area contributed by atoms with Gasteiger partial charge in [0.15, 0.2) is 0 Å². The zero-order valence-corrected chi connectivity index (χ0v) is 9.72. The monoisotopic (exact) mass is 242 g/mol. The van der Waals surface area contributed by atoms with Crippen molar-refractivity contribution in [1.29, 1.82) is 0 Å². The van der Waals surface area contributed by atoms with Crippen LogP contribution >= 0.6 is 23.2 Å². The first-order chi connectivity index (χ1) is 7.25. The summed E-state index contributed by atoms with van der Waals surface area (Å²) in [4.78, 5) is 4.25. The molecule has 2 rings (SSSR count). The Bertz CT molecular complexity index is 377. The predicted octanol–water partition coefficient (Wildman–Crippen LogP) is 2.41. The lowest BCUT2D eigenvalue weighted by Gasteiger charge is -2.17. The minimum atomic E-state index is 0.0798. The van der Waals surface area contributed by atoms with Gasteiger partial charge in [0.1, 0.15) is 0 Å². The van der Waals surface area contributed by atoms with Gasteiger partial charge in [-0.05, 0) is 12.1 Å². The maximum atomic E-state index is 6.04. The van der Waals surface area contributed by atoms with Crippen molar-refractivity contribution < 1.29 is 0 Å². The fourth-order valence-corrected chi connectivity index (χ4v) is 2.10. The molecule has 15 heavy (non-hydrogen) atoms. The van der Waals surface area contributed by atoms with E-state index in [0.29, 0.717) is 0 Å². The van der Waals surface area contributed by atoms with Crippen LogP contribution in [-0.4, -0.2) is 23.5 Å². The standard InChI is InChI=1S/C11H12Cl2N2/c12-9-4-8(6-14-7-9)5-11-10(13)2-1-3-15-11/h1-4,9,14H,5-7H2. The van der Waals surface area contributed by atoms with Gasteiger partial charge in [0, 0.05) is 25.7 Å². The van der Waals surface area contributed by atoms with Crippen molar-refractivity contribution in [3.8, 4) is 0 Å². The molecule has 0 saturated carbocycles. The van der Waals surface area contributed by atoms with Gasteiger partial charge in [-0.1, -0.05) is 23.3 Å². The van der Waals surface area contributed by atoms with E-state index in [9.17, 15) is 0 Å². The van der Waals surface area contributed by atoms with Crippen molar-refractivity contribution in [3.63, 3.8) is 0 Å². The Hall–Kier alpha value is -0.570. The van der Waals surface area contributed by atoms with Crippen molar-refractivity contribution in [3.05, 3.63) is 40.7 Å². The summed E-state index contributed by atoms with van der Waals surface area (Å²) in [6.45, 7) is 1.71. The topological polar surface area (TPSA) is 24.9 Å². The van der Waals surface area contributed by atoms with Crippen molar-refractivity contribution in [1.82, 2.24) is 10.3 Å². The molecule has 0 bridgehead atoms. The van der Waals surface area contributed by atoms with Crippen LogP contribution < -0.4 is 5.32 Å². The molecule has 1 aromatic rings. The Balaban J connectivity index is 2.12. The van der Waals surface area contributed by atoms with E-state index in [4.69, 9.17) is 23.2 Å². The molecular formula is C11H12Cl2N2. The van der Waals surface area contributed by atoms with Crippen molar-refractivity contribution in [2.24, 2.45) is 0 Å². The molecule has 2 heterocycles. The van der Waals surface area contributed by atoms with Gasteiger partial charge in [-0.3, -0.25) is 4.98 Å². The second-order valence-corrected chi connectivity index (χ2v) is 4.55. The summed E-state index contributed by atoms with van der Waals surface area (Å²) in [6, 6.07) is 3.70. The average molecular weight is 243 g/mol. The van der Waals surface area contributed by atoms with Gasteiger partial charge in [0.2, 0.25) is 0 Å². The molecule has 80 valence electrons. The average Bonchev–Trinajstić information content (AvgIpc) is 2.22. The lowest BCUT2D eigenvalue weighted by Crippen LogP contribution is -2.30. The van der Waals surface area contributed by atoms with Crippen LogP contribution in [0.25, 0.3) is 0 Å². The first-order valence-electron chi connectivity index (χ1n) is 4.89. The van der Waals surface area contributed by atoms with Crippen LogP contribution in [0, 0.1) is 0 Å². The fourth-order valence-electron chi connectivity index (χ4n) is 1.63. The summed E-state index contributed by atoms with van der Waals surface area (Å²) < 4.78 is 0. The molecule has 1 aromatic heterocycles. The summed E-state index contributed by atoms with van der Waals surface area (Å²) in [5, 5.41) is 4.05. The number of halogens is 2. The van der Waals surface area contributed by atoms with Gasteiger partial charge in [-0.15, -0.1) is 11.6 Å². The zero-order valence-electron chi connectivity index (χ0n) is 8.21. The van der Waals surface area contributed by atoms with E-state index in [1.807, 2.05) is 12.1 Å². The fraction of sp³-hybridized carbons (Fsp3) is 0.364. The molecule has 2 nitrogen and oxygen atoms in total. The Morgan fingerprint density at radius 3 is 3.13 bits per heavy atom. The third kappa shape index (κ3) is 2.94. The van der Waals surface area contributed by atoms with Gasteiger partial charge < -0.3 is 5.32 Å². The number of pyridine rings is 1. The molecule has 1 atom stereocenters. The van der Waals surface area contributed by atoms with Crippen LogP contribution in [0.4, 0.5) is 0 Å². The van der Waals surface area contributed by atoms with Crippen molar-refractivity contribution in [2.45, 2.75) is 11.8 Å². The van der Waals surface area contributed by atoms with E-state index < -0.39 is 0 Å². The third-order valence-corrected chi connectivity index (χ3v) is 2.96. The van der Waals surface area contributed by atoms with Gasteiger partial charge in [0.25, 0.3) is 0 Å². The van der Waals surface area contributed by atoms with E-state index in [-0.39, 0.29) is 5.38 Å². The highest BCUT2D eigenvalue weighted by molar-refractivity contribution is 6.31. The Morgan fingerprint density at radius 1 is 1.53 bits per heavy atom. The number of aromatic nitrogens is 1. The normalized spacial score (nSPS) is 21.2. The molecule has 0 aliphatic carbocycles. The second kappa shape index (κ2) is 4.97. The molecule has 4 heteroatoms. The second-order valence-electron chi connectivity index (χ2n) is 3.58. The summed E-state index contributed by atoms with van der Waals surface area (Å²) in [7, 11) is 0.